The smallest absolute Gasteiger partial charge is 0.225 e. The van der Waals surface area contributed by atoms with Crippen LogP contribution in [0.4, 0.5) is 0 Å². The molecule has 0 spiro atoms. The molecule has 1 heterocycles. The number of likely N-dealkylation sites (tertiary alicyclic amines) is 1. The van der Waals surface area contributed by atoms with Gasteiger partial charge in [0.25, 0.3) is 0 Å². The van der Waals surface area contributed by atoms with E-state index in [0.29, 0.717) is 17.7 Å². The van der Waals surface area contributed by atoms with Gasteiger partial charge in [0.05, 0.1) is 0 Å². The van der Waals surface area contributed by atoms with Gasteiger partial charge in [-0.25, -0.2) is 0 Å². The topological polar surface area (TPSA) is 63.4 Å². The van der Waals surface area contributed by atoms with Crippen molar-refractivity contribution < 1.29 is 9.59 Å². The Hall–Kier alpha value is -1.06. The standard InChI is InChI=1S/C16H26N2O2/c17-15(19)12-6-8-18(9-7-12)16(20)14-10-13(14)11-4-2-1-3-5-11/h11-14H,1-10H2,(H2,17,19). The number of carbonyl (C=O) groups excluding carboxylic acids is 2. The maximum Gasteiger partial charge on any atom is 0.225 e. The highest BCUT2D eigenvalue weighted by molar-refractivity contribution is 5.82. The molecule has 2 unspecified atom stereocenters. The summed E-state index contributed by atoms with van der Waals surface area (Å²) in [6.45, 7) is 1.45. The molecule has 0 aromatic heterocycles. The average molecular weight is 278 g/mol. The lowest BCUT2D eigenvalue weighted by Gasteiger charge is -2.31. The third kappa shape index (κ3) is 2.84. The molecule has 2 amide bonds. The molecule has 4 heteroatoms. The van der Waals surface area contributed by atoms with E-state index in [1.165, 1.54) is 32.1 Å². The van der Waals surface area contributed by atoms with Gasteiger partial charge in [-0.3, -0.25) is 9.59 Å². The normalized spacial score (nSPS) is 32.1. The van der Waals surface area contributed by atoms with Gasteiger partial charge in [-0.05, 0) is 31.1 Å². The molecule has 2 atom stereocenters. The third-order valence-electron chi connectivity index (χ3n) is 5.62. The number of carbonyl (C=O) groups is 2. The van der Waals surface area contributed by atoms with Crippen LogP contribution < -0.4 is 5.73 Å². The number of rotatable bonds is 3. The monoisotopic (exact) mass is 278 g/mol. The van der Waals surface area contributed by atoms with Crippen molar-refractivity contribution in [3.63, 3.8) is 0 Å². The fraction of sp³-hybridized carbons (Fsp3) is 0.875. The summed E-state index contributed by atoms with van der Waals surface area (Å²) >= 11 is 0. The van der Waals surface area contributed by atoms with E-state index in [2.05, 4.69) is 0 Å². The van der Waals surface area contributed by atoms with Crippen LogP contribution in [0.5, 0.6) is 0 Å². The van der Waals surface area contributed by atoms with Gasteiger partial charge in [0.2, 0.25) is 11.8 Å². The first-order chi connectivity index (χ1) is 9.66. The molecular weight excluding hydrogens is 252 g/mol. The first-order valence-electron chi connectivity index (χ1n) is 8.25. The number of hydrogen-bond acceptors (Lipinski definition) is 2. The van der Waals surface area contributed by atoms with Crippen molar-refractivity contribution in [3.8, 4) is 0 Å². The second kappa shape index (κ2) is 5.74. The summed E-state index contributed by atoms with van der Waals surface area (Å²) in [4.78, 5) is 25.6. The van der Waals surface area contributed by atoms with Crippen LogP contribution in [-0.2, 0) is 9.59 Å². The van der Waals surface area contributed by atoms with Gasteiger partial charge in [0.15, 0.2) is 0 Å². The molecule has 3 fully saturated rings. The Bertz CT molecular complexity index is 382. The minimum Gasteiger partial charge on any atom is -0.369 e. The summed E-state index contributed by atoms with van der Waals surface area (Å²) in [5.74, 6) is 1.89. The zero-order chi connectivity index (χ0) is 14.1. The Balaban J connectivity index is 1.47. The molecule has 3 rings (SSSR count). The van der Waals surface area contributed by atoms with E-state index >= 15 is 0 Å². The van der Waals surface area contributed by atoms with E-state index in [1.807, 2.05) is 4.90 Å². The maximum atomic E-state index is 12.5. The van der Waals surface area contributed by atoms with Crippen LogP contribution in [0, 0.1) is 23.7 Å². The zero-order valence-corrected chi connectivity index (χ0v) is 12.2. The average Bonchev–Trinajstić information content (AvgIpc) is 3.28. The van der Waals surface area contributed by atoms with E-state index in [9.17, 15) is 9.59 Å². The van der Waals surface area contributed by atoms with E-state index < -0.39 is 0 Å². The summed E-state index contributed by atoms with van der Waals surface area (Å²) in [5, 5.41) is 0. The molecule has 2 saturated carbocycles. The van der Waals surface area contributed by atoms with Crippen molar-refractivity contribution in [3.05, 3.63) is 0 Å². The molecule has 3 aliphatic rings. The first kappa shape index (κ1) is 13.9. The predicted octanol–water partition coefficient (Wildman–Crippen LogP) is 1.93. The first-order valence-corrected chi connectivity index (χ1v) is 8.25. The SMILES string of the molecule is NC(=O)C1CCN(C(=O)C2CC2C2CCCCC2)CC1. The Kier molecular flexibility index (Phi) is 3.99. The van der Waals surface area contributed by atoms with Gasteiger partial charge >= 0.3 is 0 Å². The van der Waals surface area contributed by atoms with Crippen LogP contribution in [0.3, 0.4) is 0 Å². The van der Waals surface area contributed by atoms with Crippen molar-refractivity contribution in [1.82, 2.24) is 4.90 Å². The van der Waals surface area contributed by atoms with Crippen LogP contribution in [0.1, 0.15) is 51.4 Å². The van der Waals surface area contributed by atoms with E-state index in [1.54, 1.807) is 0 Å². The largest absolute Gasteiger partial charge is 0.369 e. The molecule has 1 aliphatic heterocycles. The lowest BCUT2D eigenvalue weighted by atomic mass is 9.85. The van der Waals surface area contributed by atoms with Crippen LogP contribution in [0.15, 0.2) is 0 Å². The lowest BCUT2D eigenvalue weighted by Crippen LogP contribution is -2.42. The Morgan fingerprint density at radius 3 is 2.20 bits per heavy atom. The summed E-state index contributed by atoms with van der Waals surface area (Å²) < 4.78 is 0. The molecule has 2 aliphatic carbocycles. The second-order valence-corrected chi connectivity index (χ2v) is 6.91. The van der Waals surface area contributed by atoms with Crippen LogP contribution in [-0.4, -0.2) is 29.8 Å². The van der Waals surface area contributed by atoms with E-state index in [-0.39, 0.29) is 11.8 Å². The second-order valence-electron chi connectivity index (χ2n) is 6.91. The van der Waals surface area contributed by atoms with Crippen molar-refractivity contribution >= 4 is 11.8 Å². The van der Waals surface area contributed by atoms with E-state index in [0.717, 1.165) is 38.3 Å². The fourth-order valence-electron chi connectivity index (χ4n) is 4.20. The molecule has 1 saturated heterocycles. The molecule has 2 N–H and O–H groups in total. The fourth-order valence-corrected chi connectivity index (χ4v) is 4.20. The summed E-state index contributed by atoms with van der Waals surface area (Å²) in [5.41, 5.74) is 5.34. The minimum atomic E-state index is -0.205. The number of hydrogen-bond donors (Lipinski definition) is 1. The van der Waals surface area contributed by atoms with Gasteiger partial charge in [-0.15, -0.1) is 0 Å². The molecule has 0 aromatic carbocycles. The summed E-state index contributed by atoms with van der Waals surface area (Å²) in [6.07, 6.45) is 9.36. The van der Waals surface area contributed by atoms with Crippen molar-refractivity contribution in [2.75, 3.05) is 13.1 Å². The summed E-state index contributed by atoms with van der Waals surface area (Å²) in [7, 11) is 0. The maximum absolute atomic E-state index is 12.5. The van der Waals surface area contributed by atoms with Gasteiger partial charge in [-0.2, -0.15) is 0 Å². The quantitative estimate of drug-likeness (QED) is 0.857. The molecule has 4 nitrogen and oxygen atoms in total. The Labute approximate surface area is 121 Å². The molecule has 20 heavy (non-hydrogen) atoms. The van der Waals surface area contributed by atoms with Crippen LogP contribution >= 0.6 is 0 Å². The molecule has 0 bridgehead atoms. The highest BCUT2D eigenvalue weighted by Gasteiger charge is 2.49. The molecule has 0 radical (unpaired) electrons. The predicted molar refractivity (Wildman–Crippen MR) is 76.7 cm³/mol. The van der Waals surface area contributed by atoms with Crippen LogP contribution in [0.25, 0.3) is 0 Å². The molecule has 112 valence electrons. The summed E-state index contributed by atoms with van der Waals surface area (Å²) in [6, 6.07) is 0. The lowest BCUT2D eigenvalue weighted by molar-refractivity contribution is -0.136. The number of nitrogens with zero attached hydrogens (tertiary/aromatic N) is 1. The number of primary amides is 1. The minimum absolute atomic E-state index is 0.0209. The Morgan fingerprint density at radius 2 is 1.60 bits per heavy atom. The van der Waals surface area contributed by atoms with Crippen LogP contribution in [0.2, 0.25) is 0 Å². The van der Waals surface area contributed by atoms with Crippen molar-refractivity contribution in [1.29, 1.82) is 0 Å². The highest BCUT2D eigenvalue weighted by Crippen LogP contribution is 2.50. The van der Waals surface area contributed by atoms with Crippen molar-refractivity contribution in [2.24, 2.45) is 29.4 Å². The van der Waals surface area contributed by atoms with Gasteiger partial charge in [0, 0.05) is 24.9 Å². The number of amides is 2. The van der Waals surface area contributed by atoms with Gasteiger partial charge < -0.3 is 10.6 Å². The highest BCUT2D eigenvalue weighted by atomic mass is 16.2. The van der Waals surface area contributed by atoms with Gasteiger partial charge in [-0.1, -0.05) is 32.1 Å². The van der Waals surface area contributed by atoms with E-state index in [4.69, 9.17) is 5.73 Å². The molecular formula is C16H26N2O2. The third-order valence-corrected chi connectivity index (χ3v) is 5.62. The number of nitrogens with two attached hydrogens (primary N) is 1. The zero-order valence-electron chi connectivity index (χ0n) is 12.2. The van der Waals surface area contributed by atoms with Crippen molar-refractivity contribution in [2.45, 2.75) is 51.4 Å². The van der Waals surface area contributed by atoms with Gasteiger partial charge in [0.1, 0.15) is 0 Å². The Morgan fingerprint density at radius 1 is 0.950 bits per heavy atom. The number of piperidine rings is 1. The molecule has 0 aromatic rings.